The Labute approximate surface area is 142 Å². The number of benzene rings is 3. The Morgan fingerprint density at radius 3 is 2.58 bits per heavy atom. The first-order valence-corrected chi connectivity index (χ1v) is 8.31. The Bertz CT molecular complexity index is 852. The molecule has 0 aliphatic rings. The molecule has 1 amide bonds. The quantitative estimate of drug-likeness (QED) is 0.706. The van der Waals surface area contributed by atoms with Crippen LogP contribution >= 0.6 is 0 Å². The van der Waals surface area contributed by atoms with Crippen molar-refractivity contribution in [3.8, 4) is 0 Å². The van der Waals surface area contributed by atoms with E-state index < -0.39 is 0 Å². The van der Waals surface area contributed by atoms with Crippen molar-refractivity contribution in [2.75, 3.05) is 10.6 Å². The van der Waals surface area contributed by atoms with Crippen LogP contribution in [0.4, 0.5) is 11.4 Å². The minimum Gasteiger partial charge on any atom is -0.374 e. The first kappa shape index (κ1) is 16.1. The van der Waals surface area contributed by atoms with Gasteiger partial charge in [0, 0.05) is 16.8 Å². The maximum atomic E-state index is 12.5. The molecule has 1 atom stereocenters. The molecular weight excluding hydrogens is 296 g/mol. The topological polar surface area (TPSA) is 41.1 Å². The van der Waals surface area contributed by atoms with Crippen LogP contribution in [-0.2, 0) is 11.2 Å². The van der Waals surface area contributed by atoms with Crippen molar-refractivity contribution in [3.63, 3.8) is 0 Å². The Hall–Kier alpha value is -2.81. The van der Waals surface area contributed by atoms with Crippen LogP contribution in [0.25, 0.3) is 10.8 Å². The van der Waals surface area contributed by atoms with Gasteiger partial charge >= 0.3 is 0 Å². The van der Waals surface area contributed by atoms with Gasteiger partial charge in [0.1, 0.15) is 6.04 Å². The molecule has 122 valence electrons. The lowest BCUT2D eigenvalue weighted by molar-refractivity contribution is -0.116. The predicted octanol–water partition coefficient (Wildman–Crippen LogP) is 4.84. The van der Waals surface area contributed by atoms with Crippen LogP contribution in [0, 0.1) is 0 Å². The number of amides is 1. The van der Waals surface area contributed by atoms with Crippen LogP contribution in [0.5, 0.6) is 0 Å². The molecule has 0 heterocycles. The lowest BCUT2D eigenvalue weighted by atomic mass is 10.1. The van der Waals surface area contributed by atoms with Gasteiger partial charge in [-0.1, -0.05) is 55.5 Å². The van der Waals surface area contributed by atoms with Gasteiger partial charge in [-0.15, -0.1) is 0 Å². The van der Waals surface area contributed by atoms with Crippen LogP contribution in [0.1, 0.15) is 19.4 Å². The van der Waals surface area contributed by atoms with Gasteiger partial charge in [0.05, 0.1) is 0 Å². The number of aryl methyl sites for hydroxylation is 1. The highest BCUT2D eigenvalue weighted by atomic mass is 16.2. The van der Waals surface area contributed by atoms with Crippen molar-refractivity contribution < 1.29 is 4.79 Å². The highest BCUT2D eigenvalue weighted by Gasteiger charge is 2.14. The molecule has 0 saturated heterocycles. The summed E-state index contributed by atoms with van der Waals surface area (Å²) in [5.41, 5.74) is 3.06. The summed E-state index contributed by atoms with van der Waals surface area (Å²) in [5.74, 6) is -0.0479. The van der Waals surface area contributed by atoms with E-state index in [1.807, 2.05) is 61.5 Å². The standard InChI is InChI=1S/C21H22N2O/c1-3-16-8-6-11-18(14-16)22-15(2)21(24)23-20-13-7-10-17-9-4-5-12-19(17)20/h4-15,22H,3H2,1-2H3,(H,23,24)/t15-/m0/s1. The van der Waals surface area contributed by atoms with Gasteiger partial charge in [0.2, 0.25) is 5.91 Å². The van der Waals surface area contributed by atoms with E-state index in [-0.39, 0.29) is 11.9 Å². The molecule has 0 fully saturated rings. The lowest BCUT2D eigenvalue weighted by Crippen LogP contribution is -2.31. The molecule has 0 radical (unpaired) electrons. The van der Waals surface area contributed by atoms with Crippen molar-refractivity contribution >= 4 is 28.1 Å². The highest BCUT2D eigenvalue weighted by molar-refractivity contribution is 6.04. The smallest absolute Gasteiger partial charge is 0.246 e. The second kappa shape index (κ2) is 7.18. The zero-order valence-corrected chi connectivity index (χ0v) is 14.0. The second-order valence-electron chi connectivity index (χ2n) is 5.94. The molecule has 0 unspecified atom stereocenters. The molecule has 0 aliphatic heterocycles. The third kappa shape index (κ3) is 3.57. The summed E-state index contributed by atoms with van der Waals surface area (Å²) < 4.78 is 0. The van der Waals surface area contributed by atoms with Crippen molar-refractivity contribution in [2.45, 2.75) is 26.3 Å². The highest BCUT2D eigenvalue weighted by Crippen LogP contribution is 2.23. The summed E-state index contributed by atoms with van der Waals surface area (Å²) in [4.78, 5) is 12.5. The number of fused-ring (bicyclic) bond motifs is 1. The molecule has 0 saturated carbocycles. The maximum Gasteiger partial charge on any atom is 0.246 e. The third-order valence-corrected chi connectivity index (χ3v) is 4.16. The molecule has 3 heteroatoms. The molecule has 0 aromatic heterocycles. The number of hydrogen-bond donors (Lipinski definition) is 2. The van der Waals surface area contributed by atoms with Crippen LogP contribution in [0.15, 0.2) is 66.7 Å². The fourth-order valence-corrected chi connectivity index (χ4v) is 2.77. The summed E-state index contributed by atoms with van der Waals surface area (Å²) in [6.07, 6.45) is 0.978. The molecule has 0 bridgehead atoms. The number of carbonyl (C=O) groups excluding carboxylic acids is 1. The van der Waals surface area contributed by atoms with Crippen molar-refractivity contribution in [1.82, 2.24) is 0 Å². The minimum absolute atomic E-state index is 0.0479. The first-order valence-electron chi connectivity index (χ1n) is 8.31. The Kier molecular flexibility index (Phi) is 4.80. The molecule has 0 spiro atoms. The number of nitrogens with one attached hydrogen (secondary N) is 2. The molecular formula is C21H22N2O. The van der Waals surface area contributed by atoms with Gasteiger partial charge in [0.25, 0.3) is 0 Å². The maximum absolute atomic E-state index is 12.5. The van der Waals surface area contributed by atoms with E-state index in [1.165, 1.54) is 5.56 Å². The molecule has 24 heavy (non-hydrogen) atoms. The summed E-state index contributed by atoms with van der Waals surface area (Å²) in [5, 5.41) is 8.47. The van der Waals surface area contributed by atoms with Crippen molar-refractivity contribution in [2.24, 2.45) is 0 Å². The zero-order valence-electron chi connectivity index (χ0n) is 14.0. The zero-order chi connectivity index (χ0) is 16.9. The van der Waals surface area contributed by atoms with Crippen LogP contribution in [0.3, 0.4) is 0 Å². The molecule has 3 aromatic carbocycles. The van der Waals surface area contributed by atoms with E-state index in [0.717, 1.165) is 28.6 Å². The van der Waals surface area contributed by atoms with Gasteiger partial charge < -0.3 is 10.6 Å². The van der Waals surface area contributed by atoms with Crippen LogP contribution in [0.2, 0.25) is 0 Å². The van der Waals surface area contributed by atoms with Crippen molar-refractivity contribution in [3.05, 3.63) is 72.3 Å². The number of hydrogen-bond acceptors (Lipinski definition) is 2. The van der Waals surface area contributed by atoms with E-state index in [1.54, 1.807) is 0 Å². The summed E-state index contributed by atoms with van der Waals surface area (Å²) in [6.45, 7) is 3.99. The second-order valence-corrected chi connectivity index (χ2v) is 5.94. The average Bonchev–Trinajstić information content (AvgIpc) is 2.62. The molecule has 3 nitrogen and oxygen atoms in total. The Morgan fingerprint density at radius 2 is 1.75 bits per heavy atom. The number of rotatable bonds is 5. The lowest BCUT2D eigenvalue weighted by Gasteiger charge is -2.17. The van der Waals surface area contributed by atoms with Crippen LogP contribution < -0.4 is 10.6 Å². The van der Waals surface area contributed by atoms with Crippen LogP contribution in [-0.4, -0.2) is 11.9 Å². The van der Waals surface area contributed by atoms with E-state index in [2.05, 4.69) is 29.7 Å². The first-order chi connectivity index (χ1) is 11.7. The molecule has 3 aromatic rings. The van der Waals surface area contributed by atoms with Gasteiger partial charge in [0.15, 0.2) is 0 Å². The Morgan fingerprint density at radius 1 is 1.00 bits per heavy atom. The normalized spacial score (nSPS) is 11.9. The van der Waals surface area contributed by atoms with E-state index >= 15 is 0 Å². The van der Waals surface area contributed by atoms with E-state index in [0.29, 0.717) is 0 Å². The van der Waals surface area contributed by atoms with Crippen molar-refractivity contribution in [1.29, 1.82) is 0 Å². The number of carbonyl (C=O) groups is 1. The average molecular weight is 318 g/mol. The van der Waals surface area contributed by atoms with Gasteiger partial charge in [-0.3, -0.25) is 4.79 Å². The van der Waals surface area contributed by atoms with E-state index in [9.17, 15) is 4.79 Å². The fourth-order valence-electron chi connectivity index (χ4n) is 2.77. The van der Waals surface area contributed by atoms with E-state index in [4.69, 9.17) is 0 Å². The van der Waals surface area contributed by atoms with Gasteiger partial charge in [-0.2, -0.15) is 0 Å². The summed E-state index contributed by atoms with van der Waals surface area (Å²) >= 11 is 0. The van der Waals surface area contributed by atoms with Gasteiger partial charge in [-0.05, 0) is 42.5 Å². The Balaban J connectivity index is 1.73. The fraction of sp³-hybridized carbons (Fsp3) is 0.190. The summed E-state index contributed by atoms with van der Waals surface area (Å²) in [6, 6.07) is 21.8. The molecule has 0 aliphatic carbocycles. The largest absolute Gasteiger partial charge is 0.374 e. The predicted molar refractivity (Wildman–Crippen MR) is 101 cm³/mol. The molecule has 3 rings (SSSR count). The van der Waals surface area contributed by atoms with Gasteiger partial charge in [-0.25, -0.2) is 0 Å². The summed E-state index contributed by atoms with van der Waals surface area (Å²) in [7, 11) is 0. The molecule has 2 N–H and O–H groups in total. The number of anilines is 2. The third-order valence-electron chi connectivity index (χ3n) is 4.16. The minimum atomic E-state index is -0.323. The SMILES string of the molecule is CCc1cccc(N[C@@H](C)C(=O)Nc2cccc3ccccc23)c1. The monoisotopic (exact) mass is 318 g/mol.